The molecule has 1 unspecified atom stereocenters. The van der Waals surface area contributed by atoms with E-state index in [4.69, 9.17) is 4.42 Å². The maximum absolute atomic E-state index is 12.0. The fraction of sp³-hybridized carbons (Fsp3) is 0.353. The first-order valence-electron chi connectivity index (χ1n) is 7.57. The van der Waals surface area contributed by atoms with Crippen molar-refractivity contribution in [2.75, 3.05) is 16.8 Å². The van der Waals surface area contributed by atoms with E-state index in [9.17, 15) is 4.79 Å². The summed E-state index contributed by atoms with van der Waals surface area (Å²) in [6.07, 6.45) is 3.80. The minimum absolute atomic E-state index is 0.246. The van der Waals surface area contributed by atoms with Crippen molar-refractivity contribution < 1.29 is 9.21 Å². The SMILES string of the molecule is CC1CCCCN1c1ccc(NC(=O)c2ccc(Br)o2)cc1. The van der Waals surface area contributed by atoms with E-state index in [1.165, 1.54) is 24.9 Å². The van der Waals surface area contributed by atoms with Crippen LogP contribution in [0.5, 0.6) is 0 Å². The van der Waals surface area contributed by atoms with Gasteiger partial charge in [-0.25, -0.2) is 0 Å². The molecule has 0 saturated carbocycles. The molecule has 1 aromatic carbocycles. The number of furan rings is 1. The molecule has 1 saturated heterocycles. The normalized spacial score (nSPS) is 18.3. The minimum Gasteiger partial charge on any atom is -0.444 e. The van der Waals surface area contributed by atoms with Gasteiger partial charge in [-0.3, -0.25) is 4.79 Å². The Labute approximate surface area is 138 Å². The van der Waals surface area contributed by atoms with Crippen LogP contribution < -0.4 is 10.2 Å². The van der Waals surface area contributed by atoms with Crippen molar-refractivity contribution >= 4 is 33.2 Å². The monoisotopic (exact) mass is 362 g/mol. The number of amides is 1. The van der Waals surface area contributed by atoms with E-state index in [-0.39, 0.29) is 5.91 Å². The van der Waals surface area contributed by atoms with E-state index in [2.05, 4.69) is 45.2 Å². The zero-order valence-electron chi connectivity index (χ0n) is 12.5. The van der Waals surface area contributed by atoms with Crippen molar-refractivity contribution in [3.05, 3.63) is 46.8 Å². The van der Waals surface area contributed by atoms with Gasteiger partial charge in [0.2, 0.25) is 0 Å². The van der Waals surface area contributed by atoms with Crippen molar-refractivity contribution in [3.63, 3.8) is 0 Å². The summed E-state index contributed by atoms with van der Waals surface area (Å²) in [4.78, 5) is 14.5. The molecule has 22 heavy (non-hydrogen) atoms. The number of carbonyl (C=O) groups is 1. The van der Waals surface area contributed by atoms with Crippen LogP contribution in [0.2, 0.25) is 0 Å². The highest BCUT2D eigenvalue weighted by Gasteiger charge is 2.18. The molecule has 5 heteroatoms. The Balaban J connectivity index is 1.67. The zero-order valence-corrected chi connectivity index (χ0v) is 14.1. The minimum atomic E-state index is -0.246. The van der Waals surface area contributed by atoms with Crippen LogP contribution >= 0.6 is 15.9 Å². The fourth-order valence-corrected chi connectivity index (χ4v) is 3.15. The molecule has 1 fully saturated rings. The predicted octanol–water partition coefficient (Wildman–Crippen LogP) is 4.67. The third-order valence-electron chi connectivity index (χ3n) is 4.06. The predicted molar refractivity (Wildman–Crippen MR) is 91.5 cm³/mol. The standard InChI is InChI=1S/C17H19BrN2O2/c1-12-4-2-3-11-20(12)14-7-5-13(6-8-14)19-17(21)15-9-10-16(18)22-15/h5-10,12H,2-4,11H2,1H3,(H,19,21). The zero-order chi connectivity index (χ0) is 15.5. The first kappa shape index (κ1) is 15.2. The van der Waals surface area contributed by atoms with Gasteiger partial charge in [0, 0.05) is 24.0 Å². The highest BCUT2D eigenvalue weighted by Crippen LogP contribution is 2.26. The summed E-state index contributed by atoms with van der Waals surface area (Å²) in [6.45, 7) is 3.37. The lowest BCUT2D eigenvalue weighted by Gasteiger charge is -2.35. The summed E-state index contributed by atoms with van der Waals surface area (Å²) < 4.78 is 5.80. The number of rotatable bonds is 3. The smallest absolute Gasteiger partial charge is 0.291 e. The fourth-order valence-electron chi connectivity index (χ4n) is 2.85. The molecule has 2 aromatic rings. The van der Waals surface area contributed by atoms with Crippen LogP contribution in [0.25, 0.3) is 0 Å². The highest BCUT2D eigenvalue weighted by molar-refractivity contribution is 9.10. The summed E-state index contributed by atoms with van der Waals surface area (Å²) in [5.74, 6) is 0.0467. The molecular weight excluding hydrogens is 344 g/mol. The number of halogens is 1. The van der Waals surface area contributed by atoms with E-state index < -0.39 is 0 Å². The van der Waals surface area contributed by atoms with Gasteiger partial charge in [-0.2, -0.15) is 0 Å². The molecule has 1 aromatic heterocycles. The number of hydrogen-bond acceptors (Lipinski definition) is 3. The first-order valence-corrected chi connectivity index (χ1v) is 8.36. The second-order valence-corrected chi connectivity index (χ2v) is 6.42. The van der Waals surface area contributed by atoms with E-state index in [0.29, 0.717) is 16.5 Å². The van der Waals surface area contributed by atoms with E-state index >= 15 is 0 Å². The number of benzene rings is 1. The second-order valence-electron chi connectivity index (χ2n) is 5.64. The lowest BCUT2D eigenvalue weighted by molar-refractivity contribution is 0.0995. The molecule has 116 valence electrons. The molecule has 0 bridgehead atoms. The Kier molecular flexibility index (Phi) is 4.52. The van der Waals surface area contributed by atoms with Crippen LogP contribution in [0.1, 0.15) is 36.7 Å². The molecule has 0 spiro atoms. The maximum atomic E-state index is 12.0. The molecular formula is C17H19BrN2O2. The molecule has 1 amide bonds. The van der Waals surface area contributed by atoms with Gasteiger partial charge in [-0.1, -0.05) is 0 Å². The Morgan fingerprint density at radius 1 is 1.23 bits per heavy atom. The van der Waals surface area contributed by atoms with Gasteiger partial charge in [-0.05, 0) is 78.5 Å². The number of carbonyl (C=O) groups excluding carboxylic acids is 1. The molecule has 1 aliphatic heterocycles. The molecule has 1 atom stereocenters. The van der Waals surface area contributed by atoms with Crippen molar-refractivity contribution in [1.82, 2.24) is 0 Å². The molecule has 0 radical (unpaired) electrons. The average molecular weight is 363 g/mol. The summed E-state index contributed by atoms with van der Waals surface area (Å²) in [6, 6.07) is 11.9. The number of nitrogens with one attached hydrogen (secondary N) is 1. The summed E-state index contributed by atoms with van der Waals surface area (Å²) in [5, 5.41) is 2.84. The van der Waals surface area contributed by atoms with Gasteiger partial charge >= 0.3 is 0 Å². The van der Waals surface area contributed by atoms with Crippen LogP contribution in [-0.2, 0) is 0 Å². The number of anilines is 2. The Morgan fingerprint density at radius 3 is 2.64 bits per heavy atom. The van der Waals surface area contributed by atoms with Crippen molar-refractivity contribution in [1.29, 1.82) is 0 Å². The maximum Gasteiger partial charge on any atom is 0.291 e. The van der Waals surface area contributed by atoms with Gasteiger partial charge in [-0.15, -0.1) is 0 Å². The van der Waals surface area contributed by atoms with Crippen LogP contribution in [0, 0.1) is 0 Å². The van der Waals surface area contributed by atoms with Crippen LogP contribution in [0.15, 0.2) is 45.5 Å². The number of piperidine rings is 1. The van der Waals surface area contributed by atoms with Crippen molar-refractivity contribution in [3.8, 4) is 0 Å². The van der Waals surface area contributed by atoms with Crippen molar-refractivity contribution in [2.45, 2.75) is 32.2 Å². The van der Waals surface area contributed by atoms with Gasteiger partial charge < -0.3 is 14.6 Å². The van der Waals surface area contributed by atoms with Gasteiger partial charge in [0.25, 0.3) is 5.91 Å². The first-order chi connectivity index (χ1) is 10.6. The Hall–Kier alpha value is -1.75. The molecule has 1 N–H and O–H groups in total. The lowest BCUT2D eigenvalue weighted by atomic mass is 10.0. The quantitative estimate of drug-likeness (QED) is 0.862. The third kappa shape index (κ3) is 3.35. The topological polar surface area (TPSA) is 45.5 Å². The molecule has 0 aliphatic carbocycles. The molecule has 4 nitrogen and oxygen atoms in total. The highest BCUT2D eigenvalue weighted by atomic mass is 79.9. The van der Waals surface area contributed by atoms with E-state index in [0.717, 1.165) is 12.2 Å². The molecule has 1 aliphatic rings. The number of nitrogens with zero attached hydrogens (tertiary/aromatic N) is 1. The van der Waals surface area contributed by atoms with Crippen LogP contribution in [0.3, 0.4) is 0 Å². The summed E-state index contributed by atoms with van der Waals surface area (Å²) in [7, 11) is 0. The Morgan fingerprint density at radius 2 is 2.00 bits per heavy atom. The third-order valence-corrected chi connectivity index (χ3v) is 4.48. The van der Waals surface area contributed by atoms with E-state index in [1.54, 1.807) is 12.1 Å². The van der Waals surface area contributed by atoms with Crippen LogP contribution in [0.4, 0.5) is 11.4 Å². The van der Waals surface area contributed by atoms with Gasteiger partial charge in [0.1, 0.15) is 0 Å². The summed E-state index contributed by atoms with van der Waals surface area (Å²) >= 11 is 3.19. The second kappa shape index (κ2) is 6.57. The number of hydrogen-bond donors (Lipinski definition) is 1. The Bertz CT molecular complexity index is 651. The van der Waals surface area contributed by atoms with Gasteiger partial charge in [0.15, 0.2) is 10.4 Å². The van der Waals surface area contributed by atoms with Crippen LogP contribution in [-0.4, -0.2) is 18.5 Å². The average Bonchev–Trinajstić information content (AvgIpc) is 2.95. The largest absolute Gasteiger partial charge is 0.444 e. The molecule has 3 rings (SSSR count). The van der Waals surface area contributed by atoms with Crippen molar-refractivity contribution in [2.24, 2.45) is 0 Å². The summed E-state index contributed by atoms with van der Waals surface area (Å²) in [5.41, 5.74) is 1.98. The molecule has 2 heterocycles. The van der Waals surface area contributed by atoms with E-state index in [1.807, 2.05) is 12.1 Å². The lowest BCUT2D eigenvalue weighted by Crippen LogP contribution is -2.37. The van der Waals surface area contributed by atoms with Gasteiger partial charge in [0.05, 0.1) is 0 Å².